The molecular formula is C26H38O5. The molecule has 0 aliphatic rings. The molecule has 2 aromatic carbocycles. The molecule has 0 unspecified atom stereocenters. The van der Waals surface area contributed by atoms with E-state index in [0.717, 1.165) is 29.7 Å². The third-order valence-corrected chi connectivity index (χ3v) is 5.89. The molecule has 0 heterocycles. The zero-order chi connectivity index (χ0) is 23.2. The zero-order valence-corrected chi connectivity index (χ0v) is 19.7. The second-order valence-corrected chi connectivity index (χ2v) is 9.00. The molecule has 5 nitrogen and oxygen atoms in total. The van der Waals surface area contributed by atoms with Crippen molar-refractivity contribution in [3.8, 4) is 11.5 Å². The van der Waals surface area contributed by atoms with Gasteiger partial charge in [0.05, 0.1) is 12.2 Å². The van der Waals surface area contributed by atoms with Crippen LogP contribution in [0.2, 0.25) is 0 Å². The summed E-state index contributed by atoms with van der Waals surface area (Å²) in [5, 5.41) is 28.5. The van der Waals surface area contributed by atoms with Gasteiger partial charge in [-0.15, -0.1) is 0 Å². The first-order valence-corrected chi connectivity index (χ1v) is 11.1. The molecule has 3 N–H and O–H groups in total. The number of ether oxygens (including phenoxy) is 2. The maximum atomic E-state index is 9.95. The molecule has 0 radical (unpaired) electrons. The van der Waals surface area contributed by atoms with Crippen molar-refractivity contribution in [3.05, 3.63) is 58.7 Å². The van der Waals surface area contributed by atoms with E-state index in [9.17, 15) is 10.2 Å². The van der Waals surface area contributed by atoms with Crippen LogP contribution in [0.1, 0.15) is 62.8 Å². The summed E-state index contributed by atoms with van der Waals surface area (Å²) >= 11 is 0. The van der Waals surface area contributed by atoms with E-state index in [1.165, 1.54) is 11.1 Å². The molecule has 0 fully saturated rings. The van der Waals surface area contributed by atoms with E-state index >= 15 is 0 Å². The molecule has 0 bridgehead atoms. The minimum absolute atomic E-state index is 0.0642. The predicted octanol–water partition coefficient (Wildman–Crippen LogP) is 4.29. The van der Waals surface area contributed by atoms with Crippen LogP contribution in [0.3, 0.4) is 0 Å². The van der Waals surface area contributed by atoms with Gasteiger partial charge in [-0.05, 0) is 74.9 Å². The molecule has 5 heteroatoms. The van der Waals surface area contributed by atoms with Gasteiger partial charge in [-0.2, -0.15) is 0 Å². The molecule has 0 aromatic heterocycles. The first-order chi connectivity index (χ1) is 14.6. The van der Waals surface area contributed by atoms with Crippen molar-refractivity contribution < 1.29 is 24.8 Å². The van der Waals surface area contributed by atoms with Crippen LogP contribution in [-0.2, 0) is 5.41 Å². The third kappa shape index (κ3) is 6.22. The number of rotatable bonds is 11. The summed E-state index contributed by atoms with van der Waals surface area (Å²) in [6.07, 6.45) is 0.996. The van der Waals surface area contributed by atoms with Crippen molar-refractivity contribution in [2.24, 2.45) is 0 Å². The van der Waals surface area contributed by atoms with Crippen LogP contribution in [-0.4, -0.2) is 46.8 Å². The van der Waals surface area contributed by atoms with E-state index in [1.807, 2.05) is 26.0 Å². The van der Waals surface area contributed by atoms with Crippen molar-refractivity contribution >= 4 is 0 Å². The molecule has 0 aliphatic carbocycles. The smallest absolute Gasteiger partial charge is 0.122 e. The molecule has 0 aliphatic heterocycles. The number of hydrogen-bond donors (Lipinski definition) is 3. The number of aliphatic hydroxyl groups excluding tert-OH is 2. The average molecular weight is 431 g/mol. The van der Waals surface area contributed by atoms with Crippen molar-refractivity contribution in [3.63, 3.8) is 0 Å². The lowest BCUT2D eigenvalue weighted by Crippen LogP contribution is -2.28. The largest absolute Gasteiger partial charge is 0.491 e. The van der Waals surface area contributed by atoms with E-state index in [1.54, 1.807) is 13.8 Å². The summed E-state index contributed by atoms with van der Waals surface area (Å²) in [5.74, 6) is 1.50. The van der Waals surface area contributed by atoms with Crippen molar-refractivity contribution in [1.82, 2.24) is 0 Å². The Balaban J connectivity index is 2.35. The van der Waals surface area contributed by atoms with Crippen LogP contribution < -0.4 is 9.47 Å². The van der Waals surface area contributed by atoms with Gasteiger partial charge in [0.25, 0.3) is 0 Å². The number of aryl methyl sites for hydroxylation is 2. The normalized spacial score (nSPS) is 13.2. The lowest BCUT2D eigenvalue weighted by molar-refractivity contribution is 0.0282. The van der Waals surface area contributed by atoms with Gasteiger partial charge in [-0.25, -0.2) is 0 Å². The standard InChI is InChI=1S/C26H38O5/c1-7-26(8-2,20-9-11-23(18(3)13-20)30-16-22(28)15-27)21-10-12-24(19(4)14-21)31-17-25(5,6)29/h9-14,22,27-29H,7-8,15-17H2,1-6H3/t22-/m0/s1. The Morgan fingerprint density at radius 1 is 0.871 bits per heavy atom. The molecule has 0 spiro atoms. The quantitative estimate of drug-likeness (QED) is 0.496. The highest BCUT2D eigenvalue weighted by molar-refractivity contribution is 5.48. The van der Waals surface area contributed by atoms with Gasteiger partial charge < -0.3 is 24.8 Å². The second-order valence-electron chi connectivity index (χ2n) is 9.00. The molecule has 0 saturated carbocycles. The van der Waals surface area contributed by atoms with Gasteiger partial charge in [0.15, 0.2) is 0 Å². The highest BCUT2D eigenvalue weighted by Crippen LogP contribution is 2.41. The maximum Gasteiger partial charge on any atom is 0.122 e. The Kier molecular flexibility index (Phi) is 8.52. The molecule has 2 rings (SSSR count). The van der Waals surface area contributed by atoms with Gasteiger partial charge in [-0.3, -0.25) is 0 Å². The second kappa shape index (κ2) is 10.5. The van der Waals surface area contributed by atoms with E-state index in [2.05, 4.69) is 38.1 Å². The van der Waals surface area contributed by atoms with Crippen molar-refractivity contribution in [2.75, 3.05) is 19.8 Å². The fourth-order valence-corrected chi connectivity index (χ4v) is 3.94. The summed E-state index contributed by atoms with van der Waals surface area (Å²) in [7, 11) is 0. The Bertz CT molecular complexity index is 849. The number of benzene rings is 2. The fourth-order valence-electron chi connectivity index (χ4n) is 3.94. The van der Waals surface area contributed by atoms with E-state index < -0.39 is 11.7 Å². The van der Waals surface area contributed by atoms with Gasteiger partial charge in [0.2, 0.25) is 0 Å². The summed E-state index contributed by atoms with van der Waals surface area (Å²) in [4.78, 5) is 0. The average Bonchev–Trinajstić information content (AvgIpc) is 2.72. The molecule has 172 valence electrons. The van der Waals surface area contributed by atoms with Crippen LogP contribution in [0.15, 0.2) is 36.4 Å². The summed E-state index contributed by atoms with van der Waals surface area (Å²) in [6.45, 7) is 11.9. The van der Waals surface area contributed by atoms with Gasteiger partial charge in [0, 0.05) is 5.41 Å². The highest BCUT2D eigenvalue weighted by atomic mass is 16.5. The molecule has 2 aromatic rings. The first-order valence-electron chi connectivity index (χ1n) is 11.1. The molecular weight excluding hydrogens is 392 g/mol. The Morgan fingerprint density at radius 3 is 1.74 bits per heavy atom. The number of aliphatic hydroxyl groups is 3. The minimum Gasteiger partial charge on any atom is -0.491 e. The highest BCUT2D eigenvalue weighted by Gasteiger charge is 2.31. The minimum atomic E-state index is -0.885. The molecule has 0 amide bonds. The molecule has 0 saturated heterocycles. The SMILES string of the molecule is CCC(CC)(c1ccc(OC[C@@H](O)CO)c(C)c1)c1ccc(OCC(C)(C)O)c(C)c1. The lowest BCUT2D eigenvalue weighted by atomic mass is 9.70. The van der Waals surface area contributed by atoms with Crippen molar-refractivity contribution in [2.45, 2.75) is 71.5 Å². The summed E-state index contributed by atoms with van der Waals surface area (Å²) < 4.78 is 11.5. The van der Waals surface area contributed by atoms with Crippen LogP contribution in [0.4, 0.5) is 0 Å². The van der Waals surface area contributed by atoms with Crippen LogP contribution >= 0.6 is 0 Å². The Hall–Kier alpha value is -2.08. The predicted molar refractivity (Wildman–Crippen MR) is 124 cm³/mol. The van der Waals surface area contributed by atoms with E-state index in [-0.39, 0.29) is 25.2 Å². The van der Waals surface area contributed by atoms with Crippen LogP contribution in [0.5, 0.6) is 11.5 Å². The Morgan fingerprint density at radius 2 is 1.35 bits per heavy atom. The first kappa shape index (κ1) is 25.2. The number of hydrogen-bond acceptors (Lipinski definition) is 5. The third-order valence-electron chi connectivity index (χ3n) is 5.89. The van der Waals surface area contributed by atoms with Gasteiger partial charge in [0.1, 0.15) is 30.8 Å². The topological polar surface area (TPSA) is 79.2 Å². The van der Waals surface area contributed by atoms with Gasteiger partial charge in [-0.1, -0.05) is 38.1 Å². The molecule has 31 heavy (non-hydrogen) atoms. The zero-order valence-electron chi connectivity index (χ0n) is 19.7. The maximum absolute atomic E-state index is 9.95. The van der Waals surface area contributed by atoms with Gasteiger partial charge >= 0.3 is 0 Å². The fraction of sp³-hybridized carbons (Fsp3) is 0.538. The van der Waals surface area contributed by atoms with E-state index in [4.69, 9.17) is 14.6 Å². The van der Waals surface area contributed by atoms with Crippen LogP contribution in [0, 0.1) is 13.8 Å². The van der Waals surface area contributed by atoms with Crippen molar-refractivity contribution in [1.29, 1.82) is 0 Å². The van der Waals surface area contributed by atoms with Crippen LogP contribution in [0.25, 0.3) is 0 Å². The molecule has 1 atom stereocenters. The monoisotopic (exact) mass is 430 g/mol. The lowest BCUT2D eigenvalue weighted by Gasteiger charge is -2.34. The summed E-state index contributed by atoms with van der Waals surface area (Å²) in [6, 6.07) is 12.5. The van der Waals surface area contributed by atoms with E-state index in [0.29, 0.717) is 5.75 Å². The summed E-state index contributed by atoms with van der Waals surface area (Å²) in [5.41, 5.74) is 3.46. The Labute approximate surface area is 186 Å².